The van der Waals surface area contributed by atoms with Crippen LogP contribution in [0.3, 0.4) is 0 Å². The number of oxime groups is 1. The van der Waals surface area contributed by atoms with Crippen molar-refractivity contribution in [3.8, 4) is 11.5 Å². The van der Waals surface area contributed by atoms with Gasteiger partial charge in [0.25, 0.3) is 5.91 Å². The van der Waals surface area contributed by atoms with Crippen molar-refractivity contribution in [1.29, 1.82) is 0 Å². The molecule has 0 bridgehead atoms. The number of hydrogen-bond donors (Lipinski definition) is 3. The predicted molar refractivity (Wildman–Crippen MR) is 176 cm³/mol. The summed E-state index contributed by atoms with van der Waals surface area (Å²) in [5.41, 5.74) is 4.53. The molecule has 2 aliphatic heterocycles. The van der Waals surface area contributed by atoms with Gasteiger partial charge in [-0.3, -0.25) is 4.79 Å². The van der Waals surface area contributed by atoms with E-state index in [0.29, 0.717) is 34.1 Å². The van der Waals surface area contributed by atoms with Gasteiger partial charge in [0.05, 0.1) is 24.4 Å². The number of benzene rings is 3. The van der Waals surface area contributed by atoms with Crippen molar-refractivity contribution in [2.24, 2.45) is 10.9 Å². The second-order valence-corrected chi connectivity index (χ2v) is 13.3. The number of thioether (sulfide) groups is 1. The summed E-state index contributed by atoms with van der Waals surface area (Å²) < 4.78 is 32.2. The molecule has 3 aromatic carbocycles. The highest BCUT2D eigenvalue weighted by Gasteiger charge is 2.44. The highest BCUT2D eigenvalue weighted by Crippen LogP contribution is 2.38. The van der Waals surface area contributed by atoms with E-state index in [1.165, 1.54) is 28.8 Å². The Balaban J connectivity index is 1.44. The number of aliphatic hydroxyl groups excluding tert-OH is 1. The fourth-order valence-electron chi connectivity index (χ4n) is 5.07. The largest absolute Gasteiger partial charge is 0.457 e. The molecule has 4 N–H and O–H groups in total. The number of para-hydroxylation sites is 1. The van der Waals surface area contributed by atoms with Gasteiger partial charge in [-0.2, -0.15) is 0 Å². The van der Waals surface area contributed by atoms with Crippen molar-refractivity contribution in [3.63, 3.8) is 0 Å². The number of fused-ring (bicyclic) bond motifs is 1. The van der Waals surface area contributed by atoms with E-state index in [2.05, 4.69) is 10.5 Å². The molecule has 12 nitrogen and oxygen atoms in total. The van der Waals surface area contributed by atoms with Crippen LogP contribution in [0.15, 0.2) is 76.8 Å². The number of nitrogens with zero attached hydrogens (tertiary/aromatic N) is 2. The Kier molecular flexibility index (Phi) is 10.6. The summed E-state index contributed by atoms with van der Waals surface area (Å²) in [4.78, 5) is 46.2. The number of alkyl carbamates (subject to hydrolysis) is 1. The molecular weight excluding hydrogens is 643 g/mol. The third-order valence-corrected chi connectivity index (χ3v) is 8.61. The molecule has 14 heteroatoms. The maximum Gasteiger partial charge on any atom is 0.408 e. The van der Waals surface area contributed by atoms with Crippen molar-refractivity contribution in [2.75, 3.05) is 23.9 Å². The van der Waals surface area contributed by atoms with Crippen LogP contribution in [-0.2, 0) is 30.4 Å². The number of nitrogens with one attached hydrogen (secondary N) is 1. The zero-order chi connectivity index (χ0) is 34.5. The van der Waals surface area contributed by atoms with Gasteiger partial charge in [-0.05, 0) is 75.6 Å². The number of carbonyl (C=O) groups excluding carboxylic acids is 3. The lowest BCUT2D eigenvalue weighted by Gasteiger charge is -2.27. The van der Waals surface area contributed by atoms with Gasteiger partial charge in [0.15, 0.2) is 11.4 Å². The van der Waals surface area contributed by atoms with E-state index < -0.39 is 53.5 Å². The number of anilines is 1. The first-order chi connectivity index (χ1) is 22.9. The average Bonchev–Trinajstić information content (AvgIpc) is 3.51. The maximum atomic E-state index is 15.5. The van der Waals surface area contributed by atoms with Gasteiger partial charge in [-0.1, -0.05) is 35.5 Å². The zero-order valence-electron chi connectivity index (χ0n) is 26.7. The Labute approximate surface area is 281 Å². The second-order valence-electron chi connectivity index (χ2n) is 12.3. The van der Waals surface area contributed by atoms with Crippen LogP contribution in [0.2, 0.25) is 0 Å². The van der Waals surface area contributed by atoms with Crippen LogP contribution < -0.4 is 20.7 Å². The summed E-state index contributed by atoms with van der Waals surface area (Å²) in [6, 6.07) is 17.9. The van der Waals surface area contributed by atoms with Gasteiger partial charge in [-0.25, -0.2) is 14.0 Å². The van der Waals surface area contributed by atoms with Crippen molar-refractivity contribution in [1.82, 2.24) is 5.32 Å². The van der Waals surface area contributed by atoms with Crippen molar-refractivity contribution in [2.45, 2.75) is 62.3 Å². The number of hydrogen-bond acceptors (Lipinski definition) is 10. The molecule has 48 heavy (non-hydrogen) atoms. The first-order valence-electron chi connectivity index (χ1n) is 15.3. The standard InChI is InChI=1S/C34H37FN4O8S/c1-33(2,3)46-32(43)37-26-19-48-28-17-25(35)24(29(36)38-47-31(42)34(20-40)14-7-15-44-34)16-27(28)39(30(26)41)18-21-10-12-23(13-11-21)45-22-8-5-4-6-9-22/h4-6,8-13,16-17,26,40H,7,14-15,18-20H2,1-3H3,(H2,36,38)(H,37,43)/t26-,34?/m0/s1. The van der Waals surface area contributed by atoms with Crippen LogP contribution in [0.25, 0.3) is 0 Å². The molecule has 2 aliphatic rings. The van der Waals surface area contributed by atoms with E-state index in [1.807, 2.05) is 30.3 Å². The number of ether oxygens (including phenoxy) is 3. The smallest absolute Gasteiger partial charge is 0.408 e. The normalized spacial score (nSPS) is 19.7. The van der Waals surface area contributed by atoms with E-state index in [-0.39, 0.29) is 30.9 Å². The van der Waals surface area contributed by atoms with Gasteiger partial charge in [-0.15, -0.1) is 11.8 Å². The molecule has 1 fully saturated rings. The van der Waals surface area contributed by atoms with E-state index in [9.17, 15) is 19.5 Å². The van der Waals surface area contributed by atoms with E-state index in [1.54, 1.807) is 45.0 Å². The average molecular weight is 681 g/mol. The van der Waals surface area contributed by atoms with E-state index in [0.717, 1.165) is 0 Å². The Morgan fingerprint density at radius 1 is 1.15 bits per heavy atom. The zero-order valence-corrected chi connectivity index (χ0v) is 27.6. The van der Waals surface area contributed by atoms with Crippen molar-refractivity contribution >= 4 is 41.3 Å². The molecule has 0 aromatic heterocycles. The molecule has 2 atom stereocenters. The first-order valence-corrected chi connectivity index (χ1v) is 16.3. The number of aliphatic hydroxyl groups is 1. The van der Waals surface area contributed by atoms with Gasteiger partial charge in [0, 0.05) is 17.3 Å². The number of halogens is 1. The van der Waals surface area contributed by atoms with Crippen LogP contribution in [0.1, 0.15) is 44.7 Å². The van der Waals surface area contributed by atoms with Gasteiger partial charge < -0.3 is 40.1 Å². The summed E-state index contributed by atoms with van der Waals surface area (Å²) in [5.74, 6) is -1.33. The monoisotopic (exact) mass is 680 g/mol. The van der Waals surface area contributed by atoms with E-state index >= 15 is 4.39 Å². The highest BCUT2D eigenvalue weighted by molar-refractivity contribution is 7.99. The molecule has 2 heterocycles. The number of nitrogens with two attached hydrogens (primary N) is 1. The lowest BCUT2D eigenvalue weighted by molar-refractivity contribution is -0.171. The minimum atomic E-state index is -1.56. The molecule has 1 saturated heterocycles. The maximum absolute atomic E-state index is 15.5. The van der Waals surface area contributed by atoms with Gasteiger partial charge >= 0.3 is 12.1 Å². The summed E-state index contributed by atoms with van der Waals surface area (Å²) in [6.45, 7) is 4.82. The molecule has 0 saturated carbocycles. The first kappa shape index (κ1) is 34.7. The molecule has 254 valence electrons. The fourth-order valence-corrected chi connectivity index (χ4v) is 6.15. The Morgan fingerprint density at radius 2 is 1.85 bits per heavy atom. The van der Waals surface area contributed by atoms with Crippen LogP contribution in [0.5, 0.6) is 11.5 Å². The molecular formula is C34H37FN4O8S. The topological polar surface area (TPSA) is 162 Å². The highest BCUT2D eigenvalue weighted by atomic mass is 32.2. The minimum absolute atomic E-state index is 0.0397. The van der Waals surface area contributed by atoms with Crippen LogP contribution in [0.4, 0.5) is 14.9 Å². The van der Waals surface area contributed by atoms with Crippen LogP contribution >= 0.6 is 11.8 Å². The summed E-state index contributed by atoms with van der Waals surface area (Å²) in [5, 5.41) is 16.0. The van der Waals surface area contributed by atoms with Crippen molar-refractivity contribution in [3.05, 3.63) is 83.7 Å². The van der Waals surface area contributed by atoms with Gasteiger partial charge in [0.2, 0.25) is 0 Å². The van der Waals surface area contributed by atoms with Crippen LogP contribution in [-0.4, -0.2) is 65.1 Å². The SMILES string of the molecule is CC(C)(C)OC(=O)N[C@H]1CSc2cc(F)c(/C(N)=N/OC(=O)C3(CO)CCCO3)cc2N(Cc2ccc(Oc3ccccc3)cc2)C1=O. The molecule has 0 radical (unpaired) electrons. The number of rotatable bonds is 9. The summed E-state index contributed by atoms with van der Waals surface area (Å²) in [7, 11) is 0. The molecule has 1 unspecified atom stereocenters. The lowest BCUT2D eigenvalue weighted by atomic mass is 10.0. The Morgan fingerprint density at radius 3 is 2.50 bits per heavy atom. The minimum Gasteiger partial charge on any atom is -0.457 e. The number of carbonyl (C=O) groups is 3. The third-order valence-electron chi connectivity index (χ3n) is 7.48. The van der Waals surface area contributed by atoms with E-state index in [4.69, 9.17) is 24.8 Å². The number of amidine groups is 1. The third kappa shape index (κ3) is 8.24. The predicted octanol–water partition coefficient (Wildman–Crippen LogP) is 4.86. The quantitative estimate of drug-likeness (QED) is 0.123. The molecule has 5 rings (SSSR count). The second kappa shape index (κ2) is 14.6. The molecule has 3 aromatic rings. The fraction of sp³-hybridized carbons (Fsp3) is 0.353. The Hall–Kier alpha value is -4.66. The van der Waals surface area contributed by atoms with Crippen molar-refractivity contribution < 1.29 is 42.9 Å². The Bertz CT molecular complexity index is 1670. The molecule has 0 aliphatic carbocycles. The molecule has 2 amide bonds. The lowest BCUT2D eigenvalue weighted by Crippen LogP contribution is -2.50. The van der Waals surface area contributed by atoms with Gasteiger partial charge in [0.1, 0.15) is 29.0 Å². The van der Waals surface area contributed by atoms with Crippen LogP contribution in [0, 0.1) is 5.82 Å². The summed E-state index contributed by atoms with van der Waals surface area (Å²) in [6.07, 6.45) is 0.00574. The molecule has 0 spiro atoms. The summed E-state index contributed by atoms with van der Waals surface area (Å²) >= 11 is 1.17. The number of amides is 2.